The number of aliphatic carboxylic acids is 1. The minimum Gasteiger partial charge on any atom is -0.490 e. The fourth-order valence-corrected chi connectivity index (χ4v) is 3.40. The van der Waals surface area contributed by atoms with E-state index in [0.717, 1.165) is 0 Å². The van der Waals surface area contributed by atoms with Gasteiger partial charge in [0.15, 0.2) is 11.6 Å². The normalized spacial score (nSPS) is 15.4. The zero-order valence-corrected chi connectivity index (χ0v) is 16.3. The largest absolute Gasteiger partial charge is 0.490 e. The fraction of sp³-hybridized carbons (Fsp3) is 0.500. The molecule has 1 aromatic heterocycles. The summed E-state index contributed by atoms with van der Waals surface area (Å²) in [5, 5.41) is 8.82. The maximum absolute atomic E-state index is 14.3. The molecule has 1 aliphatic rings. The number of halogens is 4. The molecular formula is C20H22F4N2O4. The van der Waals surface area contributed by atoms with Crippen molar-refractivity contribution in [3.05, 3.63) is 41.0 Å². The third kappa shape index (κ3) is 5.22. The van der Waals surface area contributed by atoms with E-state index in [1.165, 1.54) is 18.2 Å². The molecular weight excluding hydrogens is 408 g/mol. The van der Waals surface area contributed by atoms with Gasteiger partial charge in [-0.2, -0.15) is 18.2 Å². The Hall–Kier alpha value is -2.78. The summed E-state index contributed by atoms with van der Waals surface area (Å²) in [6.07, 6.45) is -4.33. The number of piperidine rings is 1. The number of anilines is 1. The Bertz CT molecular complexity index is 889. The maximum Gasteiger partial charge on any atom is 0.391 e. The molecule has 0 radical (unpaired) electrons. The number of benzene rings is 1. The van der Waals surface area contributed by atoms with Gasteiger partial charge in [0.25, 0.3) is 6.01 Å². The monoisotopic (exact) mass is 430 g/mol. The lowest BCUT2D eigenvalue weighted by Gasteiger charge is -2.31. The Morgan fingerprint density at radius 2 is 2.03 bits per heavy atom. The molecule has 0 bridgehead atoms. The van der Waals surface area contributed by atoms with Crippen LogP contribution >= 0.6 is 0 Å². The minimum atomic E-state index is -4.18. The van der Waals surface area contributed by atoms with Crippen molar-refractivity contribution in [3.63, 3.8) is 0 Å². The molecule has 1 N–H and O–H groups in total. The number of alkyl halides is 3. The van der Waals surface area contributed by atoms with Crippen LogP contribution in [-0.2, 0) is 17.6 Å². The first-order valence-corrected chi connectivity index (χ1v) is 9.55. The molecule has 30 heavy (non-hydrogen) atoms. The number of oxazole rings is 1. The predicted octanol–water partition coefficient (Wildman–Crippen LogP) is 4.15. The third-order valence-corrected chi connectivity index (χ3v) is 5.09. The Morgan fingerprint density at radius 1 is 1.33 bits per heavy atom. The molecule has 0 amide bonds. The molecule has 0 saturated carbocycles. The van der Waals surface area contributed by atoms with E-state index in [9.17, 15) is 22.4 Å². The van der Waals surface area contributed by atoms with Crippen molar-refractivity contribution < 1.29 is 36.6 Å². The fourth-order valence-electron chi connectivity index (χ4n) is 3.40. The average molecular weight is 430 g/mol. The van der Waals surface area contributed by atoms with Crippen LogP contribution in [0.25, 0.3) is 0 Å². The van der Waals surface area contributed by atoms with Crippen molar-refractivity contribution in [2.45, 2.75) is 38.8 Å². The van der Waals surface area contributed by atoms with E-state index < -0.39 is 30.3 Å². The van der Waals surface area contributed by atoms with Crippen LogP contribution in [0.3, 0.4) is 0 Å². The van der Waals surface area contributed by atoms with Gasteiger partial charge in [-0.15, -0.1) is 0 Å². The van der Waals surface area contributed by atoms with E-state index in [-0.39, 0.29) is 49.9 Å². The summed E-state index contributed by atoms with van der Waals surface area (Å²) in [5.74, 6) is -2.69. The smallest absolute Gasteiger partial charge is 0.391 e. The number of aryl methyl sites for hydroxylation is 1. The second-order valence-corrected chi connectivity index (χ2v) is 7.20. The lowest BCUT2D eigenvalue weighted by atomic mass is 9.97. The summed E-state index contributed by atoms with van der Waals surface area (Å²) in [7, 11) is 0. The van der Waals surface area contributed by atoms with Gasteiger partial charge >= 0.3 is 12.1 Å². The molecule has 0 atom stereocenters. The molecule has 1 aliphatic heterocycles. The molecule has 10 heteroatoms. The van der Waals surface area contributed by atoms with Crippen LogP contribution in [0.4, 0.5) is 23.6 Å². The van der Waals surface area contributed by atoms with E-state index in [4.69, 9.17) is 14.3 Å². The van der Waals surface area contributed by atoms with Crippen molar-refractivity contribution in [2.24, 2.45) is 5.92 Å². The van der Waals surface area contributed by atoms with Crippen LogP contribution in [0.2, 0.25) is 0 Å². The van der Waals surface area contributed by atoms with E-state index in [1.54, 1.807) is 11.8 Å². The van der Waals surface area contributed by atoms with Crippen LogP contribution in [0.15, 0.2) is 22.6 Å². The van der Waals surface area contributed by atoms with Gasteiger partial charge in [-0.3, -0.25) is 4.79 Å². The molecule has 164 valence electrons. The summed E-state index contributed by atoms with van der Waals surface area (Å²) >= 11 is 0. The van der Waals surface area contributed by atoms with Crippen molar-refractivity contribution in [1.29, 1.82) is 0 Å². The highest BCUT2D eigenvalue weighted by Gasteiger charge is 2.41. The second-order valence-electron chi connectivity index (χ2n) is 7.20. The lowest BCUT2D eigenvalue weighted by molar-refractivity contribution is -0.179. The zero-order chi connectivity index (χ0) is 21.9. The number of aromatic nitrogens is 1. The standard InChI is InChI=1S/C20H22F4N2O4/c1-12-15(7-10-29-16-4-2-3-13(18(16)21)11-17(27)28)25-19(30-12)26-8-5-14(6-9-26)20(22,23)24/h2-4,14H,5-11H2,1H3,(H,27,28). The van der Waals surface area contributed by atoms with Crippen LogP contribution in [-0.4, -0.2) is 41.9 Å². The molecule has 1 fully saturated rings. The number of rotatable bonds is 7. The van der Waals surface area contributed by atoms with Crippen LogP contribution in [0.5, 0.6) is 5.75 Å². The van der Waals surface area contributed by atoms with Crippen LogP contribution < -0.4 is 9.64 Å². The Balaban J connectivity index is 1.57. The first-order chi connectivity index (χ1) is 14.1. The highest BCUT2D eigenvalue weighted by molar-refractivity contribution is 5.70. The summed E-state index contributed by atoms with van der Waals surface area (Å²) in [4.78, 5) is 16.8. The molecule has 2 heterocycles. The molecule has 0 aliphatic carbocycles. The number of hydrogen-bond acceptors (Lipinski definition) is 5. The van der Waals surface area contributed by atoms with Gasteiger partial charge in [-0.25, -0.2) is 4.39 Å². The number of carboxylic acids is 1. The van der Waals surface area contributed by atoms with Gasteiger partial charge in [0.05, 0.1) is 24.6 Å². The quantitative estimate of drug-likeness (QED) is 0.666. The average Bonchev–Trinajstić information content (AvgIpc) is 3.04. The number of hydrogen-bond donors (Lipinski definition) is 1. The molecule has 2 aromatic rings. The summed E-state index contributed by atoms with van der Waals surface area (Å²) in [6, 6.07) is 4.58. The van der Waals surface area contributed by atoms with Gasteiger partial charge in [0.2, 0.25) is 0 Å². The van der Waals surface area contributed by atoms with Gasteiger partial charge < -0.3 is 19.2 Å². The van der Waals surface area contributed by atoms with Crippen molar-refractivity contribution in [1.82, 2.24) is 4.98 Å². The summed E-state index contributed by atoms with van der Waals surface area (Å²) < 4.78 is 63.8. The molecule has 0 unspecified atom stereocenters. The molecule has 1 saturated heterocycles. The maximum atomic E-state index is 14.3. The van der Waals surface area contributed by atoms with Gasteiger partial charge in [0.1, 0.15) is 5.76 Å². The van der Waals surface area contributed by atoms with E-state index in [1.807, 2.05) is 0 Å². The Labute approximate surface area is 170 Å². The van der Waals surface area contributed by atoms with Crippen LogP contribution in [0.1, 0.15) is 29.9 Å². The van der Waals surface area contributed by atoms with Crippen molar-refractivity contribution in [2.75, 3.05) is 24.6 Å². The highest BCUT2D eigenvalue weighted by atomic mass is 19.4. The Morgan fingerprint density at radius 3 is 2.67 bits per heavy atom. The van der Waals surface area contributed by atoms with E-state index >= 15 is 0 Å². The van der Waals surface area contributed by atoms with E-state index in [0.29, 0.717) is 17.9 Å². The highest BCUT2D eigenvalue weighted by Crippen LogP contribution is 2.35. The molecule has 3 rings (SSSR count). The zero-order valence-electron chi connectivity index (χ0n) is 16.3. The predicted molar refractivity (Wildman–Crippen MR) is 99.2 cm³/mol. The van der Waals surface area contributed by atoms with Crippen LogP contribution in [0, 0.1) is 18.7 Å². The molecule has 0 spiro atoms. The third-order valence-electron chi connectivity index (χ3n) is 5.09. The van der Waals surface area contributed by atoms with Crippen molar-refractivity contribution in [3.8, 4) is 5.75 Å². The van der Waals surface area contributed by atoms with Gasteiger partial charge in [0, 0.05) is 25.1 Å². The Kier molecular flexibility index (Phi) is 6.52. The summed E-state index contributed by atoms with van der Waals surface area (Å²) in [6.45, 7) is 2.20. The van der Waals surface area contributed by atoms with E-state index in [2.05, 4.69) is 4.98 Å². The molecule has 6 nitrogen and oxygen atoms in total. The van der Waals surface area contributed by atoms with Gasteiger partial charge in [-0.05, 0) is 25.8 Å². The lowest BCUT2D eigenvalue weighted by Crippen LogP contribution is -2.39. The van der Waals surface area contributed by atoms with Crippen molar-refractivity contribution >= 4 is 12.0 Å². The first kappa shape index (κ1) is 21.9. The first-order valence-electron chi connectivity index (χ1n) is 9.55. The second kappa shape index (κ2) is 8.93. The number of carboxylic acid groups (broad SMARTS) is 1. The molecule has 1 aromatic carbocycles. The topological polar surface area (TPSA) is 75.8 Å². The SMILES string of the molecule is Cc1oc(N2CCC(C(F)(F)F)CC2)nc1CCOc1cccc(CC(=O)O)c1F. The van der Waals surface area contributed by atoms with Gasteiger partial charge in [-0.1, -0.05) is 12.1 Å². The summed E-state index contributed by atoms with van der Waals surface area (Å²) in [5.41, 5.74) is 0.604. The number of nitrogens with zero attached hydrogens (tertiary/aromatic N) is 2. The number of carbonyl (C=O) groups is 1. The minimum absolute atomic E-state index is 0.00463. The number of ether oxygens (including phenoxy) is 1.